The van der Waals surface area contributed by atoms with Gasteiger partial charge in [0.15, 0.2) is 0 Å². The number of aromatic nitrogens is 2. The second-order valence-electron chi connectivity index (χ2n) is 6.34. The number of benzene rings is 1. The van der Waals surface area contributed by atoms with Gasteiger partial charge in [-0.25, -0.2) is 9.07 Å². The van der Waals surface area contributed by atoms with Gasteiger partial charge in [0.1, 0.15) is 11.5 Å². The first-order valence-electron chi connectivity index (χ1n) is 8.08. The number of aryl methyl sites for hydroxylation is 2. The third-order valence-electron chi connectivity index (χ3n) is 4.01. The molecular formula is C18H24FN3O2. The second-order valence-corrected chi connectivity index (χ2v) is 6.34. The molecular weight excluding hydrogens is 309 g/mol. The van der Waals surface area contributed by atoms with Crippen molar-refractivity contribution in [3.05, 3.63) is 47.0 Å². The molecule has 0 bridgehead atoms. The second kappa shape index (κ2) is 7.57. The molecule has 1 atom stereocenters. The summed E-state index contributed by atoms with van der Waals surface area (Å²) in [6.45, 7) is 7.62. The molecule has 2 aromatic rings. The van der Waals surface area contributed by atoms with Gasteiger partial charge in [-0.3, -0.25) is 4.79 Å². The summed E-state index contributed by atoms with van der Waals surface area (Å²) < 4.78 is 16.0. The lowest BCUT2D eigenvalue weighted by molar-refractivity contribution is 0.0916. The van der Waals surface area contributed by atoms with Crippen LogP contribution in [0.5, 0.6) is 0 Å². The molecule has 0 spiro atoms. The maximum atomic E-state index is 14.4. The van der Waals surface area contributed by atoms with E-state index in [0.29, 0.717) is 12.1 Å². The molecule has 5 nitrogen and oxygen atoms in total. The van der Waals surface area contributed by atoms with E-state index in [9.17, 15) is 9.18 Å². The fourth-order valence-corrected chi connectivity index (χ4v) is 2.66. The van der Waals surface area contributed by atoms with Gasteiger partial charge >= 0.3 is 0 Å². The van der Waals surface area contributed by atoms with Crippen LogP contribution in [0, 0.1) is 25.6 Å². The molecule has 130 valence electrons. The predicted octanol–water partition coefficient (Wildman–Crippen LogP) is 2.77. The van der Waals surface area contributed by atoms with E-state index < -0.39 is 5.82 Å². The molecule has 1 heterocycles. The van der Waals surface area contributed by atoms with Crippen LogP contribution in [0.2, 0.25) is 0 Å². The Morgan fingerprint density at radius 2 is 2.04 bits per heavy atom. The standard InChI is InChI=1S/C18H24FN3O2/c1-11(2)16(7-8-23)20-18(24)14-5-6-17(15(19)10-14)22-13(4)9-12(3)21-22/h5-6,9-11,16,23H,7-8H2,1-4H3,(H,20,24)/t16-/m0/s1. The lowest BCUT2D eigenvalue weighted by Crippen LogP contribution is -2.39. The molecule has 24 heavy (non-hydrogen) atoms. The maximum absolute atomic E-state index is 14.4. The molecule has 0 aliphatic rings. The van der Waals surface area contributed by atoms with Crippen molar-refractivity contribution in [3.8, 4) is 5.69 Å². The van der Waals surface area contributed by atoms with E-state index in [1.165, 1.54) is 10.7 Å². The number of aliphatic hydroxyl groups excluding tert-OH is 1. The Bertz CT molecular complexity index is 725. The molecule has 2 rings (SSSR count). The molecule has 0 saturated carbocycles. The molecule has 0 radical (unpaired) electrons. The number of hydrogen-bond donors (Lipinski definition) is 2. The fraction of sp³-hybridized carbons (Fsp3) is 0.444. The molecule has 1 aromatic heterocycles. The van der Waals surface area contributed by atoms with E-state index in [0.717, 1.165) is 11.4 Å². The maximum Gasteiger partial charge on any atom is 0.251 e. The Morgan fingerprint density at radius 1 is 1.33 bits per heavy atom. The highest BCUT2D eigenvalue weighted by molar-refractivity contribution is 5.94. The lowest BCUT2D eigenvalue weighted by Gasteiger charge is -2.21. The summed E-state index contributed by atoms with van der Waals surface area (Å²) in [7, 11) is 0. The zero-order valence-electron chi connectivity index (χ0n) is 14.5. The van der Waals surface area contributed by atoms with Gasteiger partial charge in [-0.1, -0.05) is 13.8 Å². The minimum atomic E-state index is -0.503. The topological polar surface area (TPSA) is 67.2 Å². The number of aliphatic hydroxyl groups is 1. The number of halogens is 1. The quantitative estimate of drug-likeness (QED) is 0.854. The van der Waals surface area contributed by atoms with Crippen LogP contribution < -0.4 is 5.32 Å². The van der Waals surface area contributed by atoms with Gasteiger partial charge < -0.3 is 10.4 Å². The third kappa shape index (κ3) is 4.00. The first-order chi connectivity index (χ1) is 11.3. The van der Waals surface area contributed by atoms with Crippen LogP contribution in [0.1, 0.15) is 42.0 Å². The van der Waals surface area contributed by atoms with Crippen molar-refractivity contribution in [1.29, 1.82) is 0 Å². The van der Waals surface area contributed by atoms with Crippen molar-refractivity contribution >= 4 is 5.91 Å². The summed E-state index contributed by atoms with van der Waals surface area (Å²) in [6.07, 6.45) is 0.468. The fourth-order valence-electron chi connectivity index (χ4n) is 2.66. The van der Waals surface area contributed by atoms with Crippen LogP contribution in [0.4, 0.5) is 4.39 Å². The highest BCUT2D eigenvalue weighted by Gasteiger charge is 2.18. The van der Waals surface area contributed by atoms with E-state index in [1.807, 2.05) is 33.8 Å². The first-order valence-corrected chi connectivity index (χ1v) is 8.08. The number of rotatable bonds is 6. The van der Waals surface area contributed by atoms with Crippen molar-refractivity contribution in [2.45, 2.75) is 40.2 Å². The van der Waals surface area contributed by atoms with E-state index in [1.54, 1.807) is 12.1 Å². The van der Waals surface area contributed by atoms with Crippen molar-refractivity contribution in [3.63, 3.8) is 0 Å². The lowest BCUT2D eigenvalue weighted by atomic mass is 10.0. The van der Waals surface area contributed by atoms with E-state index in [4.69, 9.17) is 5.11 Å². The summed E-state index contributed by atoms with van der Waals surface area (Å²) in [5, 5.41) is 16.2. The molecule has 0 fully saturated rings. The van der Waals surface area contributed by atoms with Gasteiger partial charge in [-0.2, -0.15) is 5.10 Å². The van der Waals surface area contributed by atoms with Gasteiger partial charge in [0.05, 0.1) is 5.69 Å². The Labute approximate surface area is 141 Å². The van der Waals surface area contributed by atoms with Crippen LogP contribution in [0.3, 0.4) is 0 Å². The highest BCUT2D eigenvalue weighted by atomic mass is 19.1. The minimum Gasteiger partial charge on any atom is -0.396 e. The molecule has 0 unspecified atom stereocenters. The van der Waals surface area contributed by atoms with Crippen molar-refractivity contribution in [2.75, 3.05) is 6.61 Å². The Morgan fingerprint density at radius 3 is 2.54 bits per heavy atom. The number of carbonyl (C=O) groups is 1. The van der Waals surface area contributed by atoms with Crippen LogP contribution in [-0.2, 0) is 0 Å². The number of nitrogens with one attached hydrogen (secondary N) is 1. The smallest absolute Gasteiger partial charge is 0.251 e. The van der Waals surface area contributed by atoms with Crippen LogP contribution in [-0.4, -0.2) is 33.4 Å². The molecule has 0 saturated heterocycles. The largest absolute Gasteiger partial charge is 0.396 e. The Hall–Kier alpha value is -2.21. The average Bonchev–Trinajstić information content (AvgIpc) is 2.84. The zero-order valence-corrected chi connectivity index (χ0v) is 14.5. The van der Waals surface area contributed by atoms with E-state index in [2.05, 4.69) is 10.4 Å². The molecule has 0 aliphatic heterocycles. The number of carbonyl (C=O) groups excluding carboxylic acids is 1. The van der Waals surface area contributed by atoms with Crippen molar-refractivity contribution < 1.29 is 14.3 Å². The SMILES string of the molecule is Cc1cc(C)n(-c2ccc(C(=O)N[C@@H](CCO)C(C)C)cc2F)n1. The summed E-state index contributed by atoms with van der Waals surface area (Å²) in [5.74, 6) is -0.669. The Kier molecular flexibility index (Phi) is 5.72. The van der Waals surface area contributed by atoms with E-state index in [-0.39, 0.29) is 30.0 Å². The van der Waals surface area contributed by atoms with Crippen molar-refractivity contribution in [2.24, 2.45) is 5.92 Å². The third-order valence-corrected chi connectivity index (χ3v) is 4.01. The summed E-state index contributed by atoms with van der Waals surface area (Å²) >= 11 is 0. The normalized spacial score (nSPS) is 12.5. The number of hydrogen-bond acceptors (Lipinski definition) is 3. The minimum absolute atomic E-state index is 0.00560. The predicted molar refractivity (Wildman–Crippen MR) is 90.8 cm³/mol. The molecule has 2 N–H and O–H groups in total. The first kappa shape index (κ1) is 18.1. The number of nitrogens with zero attached hydrogens (tertiary/aromatic N) is 2. The molecule has 1 amide bonds. The molecule has 1 aromatic carbocycles. The van der Waals surface area contributed by atoms with Gasteiger partial charge in [0.2, 0.25) is 0 Å². The molecule has 0 aliphatic carbocycles. The molecule has 6 heteroatoms. The zero-order chi connectivity index (χ0) is 17.9. The van der Waals surface area contributed by atoms with Crippen LogP contribution in [0.15, 0.2) is 24.3 Å². The van der Waals surface area contributed by atoms with Crippen molar-refractivity contribution in [1.82, 2.24) is 15.1 Å². The van der Waals surface area contributed by atoms with E-state index >= 15 is 0 Å². The average molecular weight is 333 g/mol. The number of amides is 1. The van der Waals surface area contributed by atoms with Crippen LogP contribution in [0.25, 0.3) is 5.69 Å². The summed E-state index contributed by atoms with van der Waals surface area (Å²) in [6, 6.07) is 6.07. The Balaban J connectivity index is 2.23. The van der Waals surface area contributed by atoms with Gasteiger partial charge in [-0.05, 0) is 50.5 Å². The summed E-state index contributed by atoms with van der Waals surface area (Å²) in [5.41, 5.74) is 2.19. The highest BCUT2D eigenvalue weighted by Crippen LogP contribution is 2.18. The van der Waals surface area contributed by atoms with Gasteiger partial charge in [0, 0.05) is 23.9 Å². The van der Waals surface area contributed by atoms with Crippen LogP contribution >= 0.6 is 0 Å². The monoisotopic (exact) mass is 333 g/mol. The van der Waals surface area contributed by atoms with Gasteiger partial charge in [0.25, 0.3) is 5.91 Å². The summed E-state index contributed by atoms with van der Waals surface area (Å²) in [4.78, 5) is 12.3. The van der Waals surface area contributed by atoms with Gasteiger partial charge in [-0.15, -0.1) is 0 Å².